The first-order chi connectivity index (χ1) is 23.4. The smallest absolute Gasteiger partial charge is 0.335 e. The van der Waals surface area contributed by atoms with Crippen LogP contribution >= 0.6 is 0 Å². The third-order valence-electron chi connectivity index (χ3n) is 8.85. The van der Waals surface area contributed by atoms with Gasteiger partial charge in [0.05, 0.1) is 35.9 Å². The summed E-state index contributed by atoms with van der Waals surface area (Å²) in [5.74, 6) is 2.98. The maximum absolute atomic E-state index is 11.8. The number of carboxylic acids is 1. The van der Waals surface area contributed by atoms with Crippen molar-refractivity contribution in [3.05, 3.63) is 101 Å². The Kier molecular flexibility index (Phi) is 12.6. The fourth-order valence-corrected chi connectivity index (χ4v) is 5.92. The molecule has 49 heavy (non-hydrogen) atoms. The maximum Gasteiger partial charge on any atom is 0.335 e. The van der Waals surface area contributed by atoms with Crippen LogP contribution in [0.25, 0.3) is 0 Å². The number of hydrogen-bond acceptors (Lipinski definition) is 6. The van der Waals surface area contributed by atoms with Crippen molar-refractivity contribution < 1.29 is 19.4 Å². The highest BCUT2D eigenvalue weighted by atomic mass is 16.5. The topological polar surface area (TPSA) is 107 Å². The Balaban J connectivity index is 1.43. The van der Waals surface area contributed by atoms with Crippen LogP contribution in [0.3, 0.4) is 0 Å². The number of nitrogens with zero attached hydrogens (tertiary/aromatic N) is 1. The van der Waals surface area contributed by atoms with Crippen LogP contribution < -0.4 is 25.6 Å². The number of allylic oxidation sites excluding steroid dienone is 2. The molecule has 4 N–H and O–H groups in total. The predicted molar refractivity (Wildman–Crippen MR) is 200 cm³/mol. The van der Waals surface area contributed by atoms with E-state index >= 15 is 0 Å². The highest BCUT2D eigenvalue weighted by Crippen LogP contribution is 2.40. The molecule has 2 radical (unpaired) electrons. The maximum atomic E-state index is 11.8. The molecule has 0 spiro atoms. The SMILES string of the molecule is [B]c1cc(C#C)ccc1OCc1cccc(OC2CCC(C)(/C=C(/CNc3cc(C(=O)O)ccc3NC(=C)CC)N(C=N)C(C)C)CC2)c1. The normalized spacial score (nSPS) is 17.5. The van der Waals surface area contributed by atoms with Crippen molar-refractivity contribution in [1.82, 2.24) is 4.90 Å². The summed E-state index contributed by atoms with van der Waals surface area (Å²) in [6.45, 7) is 13.2. The van der Waals surface area contributed by atoms with E-state index in [9.17, 15) is 9.90 Å². The van der Waals surface area contributed by atoms with E-state index in [0.717, 1.165) is 60.5 Å². The van der Waals surface area contributed by atoms with E-state index < -0.39 is 5.97 Å². The molecule has 0 atom stereocenters. The molecule has 0 unspecified atom stereocenters. The molecule has 1 aliphatic carbocycles. The lowest BCUT2D eigenvalue weighted by atomic mass is 9.74. The van der Waals surface area contributed by atoms with Gasteiger partial charge in [0.2, 0.25) is 0 Å². The van der Waals surface area contributed by atoms with Gasteiger partial charge in [-0.05, 0) is 105 Å². The number of aromatic carboxylic acids is 1. The second-order valence-electron chi connectivity index (χ2n) is 13.1. The van der Waals surface area contributed by atoms with Gasteiger partial charge in [-0.2, -0.15) is 0 Å². The van der Waals surface area contributed by atoms with Crippen LogP contribution in [0.4, 0.5) is 11.4 Å². The molecule has 4 rings (SSSR count). The lowest BCUT2D eigenvalue weighted by Gasteiger charge is -2.37. The first-order valence-electron chi connectivity index (χ1n) is 16.7. The van der Waals surface area contributed by atoms with Crippen LogP contribution in [0.15, 0.2) is 84.7 Å². The number of terminal acetylenes is 1. The number of nitrogens with one attached hydrogen (secondary N) is 3. The summed E-state index contributed by atoms with van der Waals surface area (Å²) in [6.07, 6.45) is 13.5. The number of anilines is 2. The van der Waals surface area contributed by atoms with Gasteiger partial charge >= 0.3 is 5.97 Å². The van der Waals surface area contributed by atoms with Gasteiger partial charge in [-0.3, -0.25) is 5.41 Å². The molecule has 0 saturated heterocycles. The summed E-state index contributed by atoms with van der Waals surface area (Å²) in [5, 5.41) is 24.6. The van der Waals surface area contributed by atoms with Crippen LogP contribution in [0.2, 0.25) is 0 Å². The summed E-state index contributed by atoms with van der Waals surface area (Å²) in [4.78, 5) is 13.7. The average molecular weight is 659 g/mol. The molecule has 0 amide bonds. The minimum absolute atomic E-state index is 0.0617. The lowest BCUT2D eigenvalue weighted by Crippen LogP contribution is -2.35. The van der Waals surface area contributed by atoms with E-state index in [4.69, 9.17) is 29.2 Å². The fourth-order valence-electron chi connectivity index (χ4n) is 5.92. The first-order valence-corrected chi connectivity index (χ1v) is 16.7. The van der Waals surface area contributed by atoms with Crippen LogP contribution in [-0.2, 0) is 6.61 Å². The second kappa shape index (κ2) is 16.8. The van der Waals surface area contributed by atoms with Gasteiger partial charge < -0.3 is 30.1 Å². The fraction of sp³-hybridized carbons (Fsp3) is 0.350. The van der Waals surface area contributed by atoms with Gasteiger partial charge in [0.15, 0.2) is 0 Å². The number of carboxylic acid groups (broad SMARTS) is 1. The molecule has 0 heterocycles. The Morgan fingerprint density at radius 3 is 2.57 bits per heavy atom. The zero-order valence-electron chi connectivity index (χ0n) is 29.0. The van der Waals surface area contributed by atoms with E-state index in [0.29, 0.717) is 35.6 Å². The largest absolute Gasteiger partial charge is 0.490 e. The number of benzene rings is 3. The molecule has 3 aromatic carbocycles. The molecule has 1 aliphatic rings. The van der Waals surface area contributed by atoms with Gasteiger partial charge in [0.25, 0.3) is 0 Å². The second-order valence-corrected chi connectivity index (χ2v) is 13.1. The molecule has 0 bridgehead atoms. The van der Waals surface area contributed by atoms with Crippen molar-refractivity contribution in [1.29, 1.82) is 5.41 Å². The summed E-state index contributed by atoms with van der Waals surface area (Å²) in [6, 6.07) is 18.3. The highest BCUT2D eigenvalue weighted by molar-refractivity contribution is 6.34. The van der Waals surface area contributed by atoms with Crippen LogP contribution in [0, 0.1) is 23.2 Å². The summed E-state index contributed by atoms with van der Waals surface area (Å²) >= 11 is 0. The van der Waals surface area contributed by atoms with Crippen molar-refractivity contribution >= 4 is 37.0 Å². The van der Waals surface area contributed by atoms with E-state index in [-0.39, 0.29) is 23.1 Å². The average Bonchev–Trinajstić information content (AvgIpc) is 3.08. The number of carbonyl (C=O) groups is 1. The van der Waals surface area contributed by atoms with Gasteiger partial charge in [0.1, 0.15) is 26.0 Å². The predicted octanol–water partition coefficient (Wildman–Crippen LogP) is 7.72. The zero-order chi connectivity index (χ0) is 35.6. The lowest BCUT2D eigenvalue weighted by molar-refractivity contribution is 0.0697. The highest BCUT2D eigenvalue weighted by Gasteiger charge is 2.32. The Hall–Kier alpha value is -5.10. The van der Waals surface area contributed by atoms with Gasteiger partial charge in [-0.1, -0.05) is 50.0 Å². The number of hydrogen-bond donors (Lipinski definition) is 4. The van der Waals surface area contributed by atoms with Crippen LogP contribution in [-0.4, -0.2) is 48.9 Å². The number of rotatable bonds is 16. The molecule has 0 aromatic heterocycles. The van der Waals surface area contributed by atoms with Gasteiger partial charge in [-0.15, -0.1) is 6.42 Å². The molecular formula is C40H47BN4O4. The van der Waals surface area contributed by atoms with Crippen LogP contribution in [0.5, 0.6) is 11.5 Å². The summed E-state index contributed by atoms with van der Waals surface area (Å²) in [7, 11) is 6.10. The molecule has 254 valence electrons. The quantitative estimate of drug-likeness (QED) is 0.0541. The van der Waals surface area contributed by atoms with Crippen molar-refractivity contribution in [2.75, 3.05) is 17.2 Å². The van der Waals surface area contributed by atoms with Crippen molar-refractivity contribution in [3.8, 4) is 23.8 Å². The molecule has 1 fully saturated rings. The Labute approximate surface area is 292 Å². The van der Waals surface area contributed by atoms with Crippen molar-refractivity contribution in [3.63, 3.8) is 0 Å². The Morgan fingerprint density at radius 1 is 1.18 bits per heavy atom. The minimum Gasteiger partial charge on any atom is -0.490 e. The van der Waals surface area contributed by atoms with Crippen molar-refractivity contribution in [2.45, 2.75) is 78.6 Å². The van der Waals surface area contributed by atoms with E-state index in [1.807, 2.05) is 42.2 Å². The zero-order valence-corrected chi connectivity index (χ0v) is 29.0. The van der Waals surface area contributed by atoms with E-state index in [2.05, 4.69) is 50.0 Å². The Morgan fingerprint density at radius 2 is 1.94 bits per heavy atom. The third kappa shape index (κ3) is 10.2. The standard InChI is InChI=1S/C40H47BN4O4/c1-7-28(5)44-36-14-13-31(39(46)47)22-37(36)43-24-32(45(26-42)27(3)4)23-40(6)18-16-33(17-19-40)49-34-11-9-10-30(20-34)25-48-38-15-12-29(8-2)21-35(38)41/h2,9-15,20-23,26-27,33,42-44H,5,7,16-19,24-25H2,1,3-4,6H3,(H,46,47)/b32-23-,42-26?. The number of ether oxygens (including phenoxy) is 2. The summed E-state index contributed by atoms with van der Waals surface area (Å²) in [5.41, 5.74) is 5.47. The summed E-state index contributed by atoms with van der Waals surface area (Å²) < 4.78 is 12.4. The molecule has 0 aliphatic heterocycles. The monoisotopic (exact) mass is 658 g/mol. The van der Waals surface area contributed by atoms with Gasteiger partial charge in [0, 0.05) is 23.0 Å². The molecule has 9 heteroatoms. The molecule has 8 nitrogen and oxygen atoms in total. The van der Waals surface area contributed by atoms with Crippen molar-refractivity contribution in [2.24, 2.45) is 5.41 Å². The van der Waals surface area contributed by atoms with Crippen LogP contribution in [0.1, 0.15) is 81.3 Å². The van der Waals surface area contributed by atoms with E-state index in [1.165, 1.54) is 6.34 Å². The van der Waals surface area contributed by atoms with E-state index in [1.54, 1.807) is 30.3 Å². The molecular weight excluding hydrogens is 611 g/mol. The molecule has 3 aromatic rings. The minimum atomic E-state index is -0.994. The molecule has 1 saturated carbocycles. The Bertz CT molecular complexity index is 1720. The third-order valence-corrected chi connectivity index (χ3v) is 8.85. The van der Waals surface area contributed by atoms with Gasteiger partial charge in [-0.25, -0.2) is 4.79 Å². The first kappa shape index (κ1) is 36.7.